The molecular weight excluding hydrogens is 184 g/mol. The van der Waals surface area contributed by atoms with Crippen molar-refractivity contribution in [3.63, 3.8) is 0 Å². The van der Waals surface area contributed by atoms with Crippen LogP contribution in [0.5, 0.6) is 0 Å². The lowest BCUT2D eigenvalue weighted by Gasteiger charge is -2.04. The van der Waals surface area contributed by atoms with Crippen LogP contribution >= 0.6 is 0 Å². The molecule has 0 heterocycles. The van der Waals surface area contributed by atoms with Gasteiger partial charge in [-0.15, -0.1) is 0 Å². The highest BCUT2D eigenvalue weighted by Crippen LogP contribution is 2.11. The molecule has 0 N–H and O–H groups in total. The van der Waals surface area contributed by atoms with Gasteiger partial charge in [0.05, 0.1) is 0 Å². The van der Waals surface area contributed by atoms with E-state index in [0.29, 0.717) is 12.8 Å². The van der Waals surface area contributed by atoms with Gasteiger partial charge >= 0.3 is 0 Å². The second kappa shape index (κ2) is 5.50. The molecule has 0 aliphatic rings. The summed E-state index contributed by atoms with van der Waals surface area (Å²) in [5, 5.41) is 0. The molecule has 15 heavy (non-hydrogen) atoms. The fraction of sp³-hybridized carbons (Fsp3) is 0.357. The Hall–Kier alpha value is -1.37. The molecule has 1 nitrogen and oxygen atoms in total. The van der Waals surface area contributed by atoms with E-state index in [9.17, 15) is 4.79 Å². The van der Waals surface area contributed by atoms with E-state index in [2.05, 4.69) is 25.6 Å². The van der Waals surface area contributed by atoms with Gasteiger partial charge in [0.1, 0.15) is 5.78 Å². The van der Waals surface area contributed by atoms with Crippen LogP contribution < -0.4 is 0 Å². The Morgan fingerprint density at radius 3 is 2.60 bits per heavy atom. The first-order valence-electron chi connectivity index (χ1n) is 5.30. The molecule has 0 aliphatic carbocycles. The summed E-state index contributed by atoms with van der Waals surface area (Å²) in [5.74, 6) is 0.283. The predicted molar refractivity (Wildman–Crippen MR) is 63.9 cm³/mol. The molecule has 0 spiro atoms. The van der Waals surface area contributed by atoms with Crippen LogP contribution in [-0.4, -0.2) is 5.78 Å². The van der Waals surface area contributed by atoms with Crippen molar-refractivity contribution in [3.8, 4) is 0 Å². The van der Waals surface area contributed by atoms with Gasteiger partial charge in [-0.25, -0.2) is 0 Å². The summed E-state index contributed by atoms with van der Waals surface area (Å²) in [5.41, 5.74) is 3.48. The van der Waals surface area contributed by atoms with Crippen LogP contribution in [0.15, 0.2) is 36.4 Å². The van der Waals surface area contributed by atoms with Crippen LogP contribution in [0.3, 0.4) is 0 Å². The van der Waals surface area contributed by atoms with E-state index in [1.165, 1.54) is 11.1 Å². The van der Waals surface area contributed by atoms with Crippen LogP contribution in [0.25, 0.3) is 0 Å². The zero-order valence-electron chi connectivity index (χ0n) is 9.55. The molecule has 1 aromatic carbocycles. The van der Waals surface area contributed by atoms with Crippen molar-refractivity contribution in [2.75, 3.05) is 0 Å². The molecule has 0 aromatic heterocycles. The maximum atomic E-state index is 11.5. The van der Waals surface area contributed by atoms with Crippen LogP contribution in [0.4, 0.5) is 0 Å². The average molecular weight is 202 g/mol. The van der Waals surface area contributed by atoms with E-state index in [-0.39, 0.29) is 5.78 Å². The molecule has 80 valence electrons. The standard InChI is InChI=1S/C14H18O/c1-11(2)10-14(15)9-8-13-7-5-4-6-12(13)3/h4-7H,1,8-10H2,2-3H3. The molecule has 0 unspecified atom stereocenters. The molecule has 0 atom stereocenters. The highest BCUT2D eigenvalue weighted by atomic mass is 16.1. The second-order valence-electron chi connectivity index (χ2n) is 4.10. The van der Waals surface area contributed by atoms with Crippen molar-refractivity contribution >= 4 is 5.78 Å². The van der Waals surface area contributed by atoms with E-state index in [4.69, 9.17) is 0 Å². The van der Waals surface area contributed by atoms with Crippen molar-refractivity contribution < 1.29 is 4.79 Å². The molecule has 0 amide bonds. The summed E-state index contributed by atoms with van der Waals surface area (Å²) in [6.07, 6.45) is 1.99. The van der Waals surface area contributed by atoms with E-state index >= 15 is 0 Å². The van der Waals surface area contributed by atoms with Gasteiger partial charge in [-0.2, -0.15) is 0 Å². The van der Waals surface area contributed by atoms with Crippen molar-refractivity contribution in [1.82, 2.24) is 0 Å². The van der Waals surface area contributed by atoms with Gasteiger partial charge in [0.2, 0.25) is 0 Å². The van der Waals surface area contributed by atoms with Gasteiger partial charge < -0.3 is 0 Å². The third-order valence-corrected chi connectivity index (χ3v) is 2.43. The van der Waals surface area contributed by atoms with Gasteiger partial charge in [-0.1, -0.05) is 36.4 Å². The fourth-order valence-electron chi connectivity index (χ4n) is 1.59. The Morgan fingerprint density at radius 2 is 2.00 bits per heavy atom. The largest absolute Gasteiger partial charge is 0.299 e. The summed E-state index contributed by atoms with van der Waals surface area (Å²) < 4.78 is 0. The summed E-state index contributed by atoms with van der Waals surface area (Å²) >= 11 is 0. The first-order chi connectivity index (χ1) is 7.09. The summed E-state index contributed by atoms with van der Waals surface area (Å²) in [6, 6.07) is 8.21. The molecular formula is C14H18O. The third-order valence-electron chi connectivity index (χ3n) is 2.43. The minimum absolute atomic E-state index is 0.283. The third kappa shape index (κ3) is 4.11. The Labute approximate surface area is 91.8 Å². The summed E-state index contributed by atoms with van der Waals surface area (Å²) in [6.45, 7) is 7.72. The molecule has 0 radical (unpaired) electrons. The molecule has 0 fully saturated rings. The number of hydrogen-bond acceptors (Lipinski definition) is 1. The number of benzene rings is 1. The molecule has 0 aliphatic heterocycles. The average Bonchev–Trinajstić information content (AvgIpc) is 2.15. The van der Waals surface area contributed by atoms with Crippen molar-refractivity contribution in [2.24, 2.45) is 0 Å². The zero-order chi connectivity index (χ0) is 11.3. The molecule has 1 rings (SSSR count). The number of Topliss-reactive ketones (excluding diaryl/α,β-unsaturated/α-hetero) is 1. The molecule has 0 bridgehead atoms. The first-order valence-corrected chi connectivity index (χ1v) is 5.30. The maximum Gasteiger partial charge on any atom is 0.137 e. The van der Waals surface area contributed by atoms with Crippen molar-refractivity contribution in [3.05, 3.63) is 47.5 Å². The quantitative estimate of drug-likeness (QED) is 0.668. The van der Waals surface area contributed by atoms with Gasteiger partial charge in [-0.3, -0.25) is 4.79 Å². The number of carbonyl (C=O) groups is 1. The topological polar surface area (TPSA) is 17.1 Å². The van der Waals surface area contributed by atoms with Gasteiger partial charge in [0, 0.05) is 12.8 Å². The Morgan fingerprint density at radius 1 is 1.33 bits per heavy atom. The number of rotatable bonds is 5. The van der Waals surface area contributed by atoms with Gasteiger partial charge in [0.15, 0.2) is 0 Å². The van der Waals surface area contributed by atoms with Crippen LogP contribution in [0.1, 0.15) is 30.9 Å². The maximum absolute atomic E-state index is 11.5. The lowest BCUT2D eigenvalue weighted by molar-refractivity contribution is -0.118. The van der Waals surface area contributed by atoms with E-state index in [0.717, 1.165) is 12.0 Å². The monoisotopic (exact) mass is 202 g/mol. The Kier molecular flexibility index (Phi) is 4.29. The number of hydrogen-bond donors (Lipinski definition) is 0. The SMILES string of the molecule is C=C(C)CC(=O)CCc1ccccc1C. The van der Waals surface area contributed by atoms with Crippen LogP contribution in [-0.2, 0) is 11.2 Å². The molecule has 1 aromatic rings. The summed E-state index contributed by atoms with van der Waals surface area (Å²) in [4.78, 5) is 11.5. The van der Waals surface area contributed by atoms with E-state index in [1.807, 2.05) is 19.1 Å². The summed E-state index contributed by atoms with van der Waals surface area (Å²) in [7, 11) is 0. The fourth-order valence-corrected chi connectivity index (χ4v) is 1.59. The van der Waals surface area contributed by atoms with Crippen molar-refractivity contribution in [1.29, 1.82) is 0 Å². The number of ketones is 1. The minimum atomic E-state index is 0.283. The van der Waals surface area contributed by atoms with Gasteiger partial charge in [0.25, 0.3) is 0 Å². The normalized spacial score (nSPS) is 10.0. The Bertz CT molecular complexity index is 363. The Balaban J connectivity index is 2.47. The molecule has 0 saturated carbocycles. The van der Waals surface area contributed by atoms with E-state index in [1.54, 1.807) is 0 Å². The second-order valence-corrected chi connectivity index (χ2v) is 4.10. The molecule has 0 saturated heterocycles. The van der Waals surface area contributed by atoms with Crippen LogP contribution in [0, 0.1) is 6.92 Å². The van der Waals surface area contributed by atoms with Crippen LogP contribution in [0.2, 0.25) is 0 Å². The first kappa shape index (κ1) is 11.7. The highest BCUT2D eigenvalue weighted by Gasteiger charge is 2.04. The lowest BCUT2D eigenvalue weighted by atomic mass is 10.0. The van der Waals surface area contributed by atoms with Crippen molar-refractivity contribution in [2.45, 2.75) is 33.1 Å². The predicted octanol–water partition coefficient (Wildman–Crippen LogP) is 3.46. The smallest absolute Gasteiger partial charge is 0.137 e. The number of carbonyl (C=O) groups excluding carboxylic acids is 1. The zero-order valence-corrected chi connectivity index (χ0v) is 9.55. The van der Waals surface area contributed by atoms with E-state index < -0.39 is 0 Å². The number of aryl methyl sites for hydroxylation is 2. The molecule has 1 heteroatoms. The minimum Gasteiger partial charge on any atom is -0.299 e. The lowest BCUT2D eigenvalue weighted by Crippen LogP contribution is -2.01. The number of allylic oxidation sites excluding steroid dienone is 1. The van der Waals surface area contributed by atoms with Gasteiger partial charge in [-0.05, 0) is 31.4 Å². The highest BCUT2D eigenvalue weighted by molar-refractivity contribution is 5.80.